The summed E-state index contributed by atoms with van der Waals surface area (Å²) in [5.74, 6) is -0.530. The number of nitrogens with zero attached hydrogens (tertiary/aromatic N) is 5. The summed E-state index contributed by atoms with van der Waals surface area (Å²) in [5, 5.41) is 16.1. The van der Waals surface area contributed by atoms with E-state index in [0.29, 0.717) is 79.0 Å². The van der Waals surface area contributed by atoms with Gasteiger partial charge in [-0.15, -0.1) is 0 Å². The average Bonchev–Trinajstić information content (AvgIpc) is 3.74. The Morgan fingerprint density at radius 1 is 1.08 bits per heavy atom. The fraction of sp³-hybridized carbons (Fsp3) is 0.541. The van der Waals surface area contributed by atoms with Crippen molar-refractivity contribution in [3.05, 3.63) is 47.7 Å². The van der Waals surface area contributed by atoms with Gasteiger partial charge in [0.1, 0.15) is 35.2 Å². The van der Waals surface area contributed by atoms with Crippen molar-refractivity contribution in [3.63, 3.8) is 0 Å². The van der Waals surface area contributed by atoms with Crippen molar-refractivity contribution in [2.45, 2.75) is 75.1 Å². The minimum absolute atomic E-state index is 0.00992. The summed E-state index contributed by atoms with van der Waals surface area (Å²) in [4.78, 5) is 19.0. The monoisotopic (exact) mass is 672 g/mol. The van der Waals surface area contributed by atoms with Crippen molar-refractivity contribution < 1.29 is 28.1 Å². The number of piperazine rings is 1. The van der Waals surface area contributed by atoms with E-state index in [4.69, 9.17) is 24.2 Å². The Morgan fingerprint density at radius 2 is 2.00 bits per heavy atom. The molecule has 0 saturated carbocycles. The maximum absolute atomic E-state index is 17.1. The number of ether oxygens (including phenoxy) is 3. The van der Waals surface area contributed by atoms with Crippen molar-refractivity contribution in [2.75, 3.05) is 57.5 Å². The van der Waals surface area contributed by atoms with Crippen LogP contribution in [-0.4, -0.2) is 101 Å². The van der Waals surface area contributed by atoms with E-state index in [1.807, 2.05) is 6.92 Å². The number of aromatic hydroxyl groups is 1. The highest BCUT2D eigenvalue weighted by atomic mass is 19.1. The molecule has 9 rings (SSSR count). The molecule has 2 aromatic carbocycles. The Labute approximate surface area is 283 Å². The van der Waals surface area contributed by atoms with E-state index in [1.54, 1.807) is 18.3 Å². The molecule has 2 aromatic heterocycles. The molecule has 12 heteroatoms. The van der Waals surface area contributed by atoms with Crippen molar-refractivity contribution >= 4 is 27.5 Å². The molecule has 2 spiro atoms. The summed E-state index contributed by atoms with van der Waals surface area (Å²) in [5.41, 5.74) is 0.379. The minimum Gasteiger partial charge on any atom is -0.508 e. The molecule has 4 fully saturated rings. The molecule has 49 heavy (non-hydrogen) atoms. The van der Waals surface area contributed by atoms with Crippen LogP contribution in [0.1, 0.15) is 51.0 Å². The van der Waals surface area contributed by atoms with E-state index in [0.717, 1.165) is 51.6 Å². The number of hydrogen-bond donors (Lipinski definition) is 2. The molecule has 7 heterocycles. The lowest BCUT2D eigenvalue weighted by molar-refractivity contribution is 0.0239. The van der Waals surface area contributed by atoms with Crippen LogP contribution in [0.25, 0.3) is 32.9 Å². The highest BCUT2D eigenvalue weighted by Gasteiger charge is 2.50. The first kappa shape index (κ1) is 31.3. The highest BCUT2D eigenvalue weighted by Crippen LogP contribution is 2.43. The second kappa shape index (κ2) is 12.0. The Bertz CT molecular complexity index is 1950. The molecule has 2 N–H and O–H groups in total. The van der Waals surface area contributed by atoms with E-state index in [2.05, 4.69) is 20.1 Å². The summed E-state index contributed by atoms with van der Waals surface area (Å²) in [6, 6.07) is 6.34. The average molecular weight is 673 g/mol. The Hall–Kier alpha value is -3.71. The Kier molecular flexibility index (Phi) is 7.64. The zero-order valence-corrected chi connectivity index (χ0v) is 27.8. The maximum atomic E-state index is 17.1. The number of nitrogens with one attached hydrogen (secondary N) is 1. The molecule has 0 amide bonds. The number of aromatic nitrogens is 3. The number of phenols is 1. The molecular formula is C37H42F2N6O4. The summed E-state index contributed by atoms with van der Waals surface area (Å²) < 4.78 is 51.2. The van der Waals surface area contributed by atoms with Crippen LogP contribution in [0.4, 0.5) is 14.6 Å². The highest BCUT2D eigenvalue weighted by molar-refractivity contribution is 6.01. The van der Waals surface area contributed by atoms with E-state index in [-0.39, 0.29) is 52.0 Å². The van der Waals surface area contributed by atoms with Crippen LogP contribution in [0.3, 0.4) is 0 Å². The molecule has 0 aliphatic carbocycles. The molecule has 0 unspecified atom stereocenters. The number of hydrogen-bond acceptors (Lipinski definition) is 10. The lowest BCUT2D eigenvalue weighted by atomic mass is 9.94. The molecule has 4 saturated heterocycles. The molecule has 5 aliphatic heterocycles. The minimum atomic E-state index is -0.666. The lowest BCUT2D eigenvalue weighted by Crippen LogP contribution is -2.62. The predicted molar refractivity (Wildman–Crippen MR) is 181 cm³/mol. The third kappa shape index (κ3) is 5.30. The van der Waals surface area contributed by atoms with Crippen molar-refractivity contribution in [3.8, 4) is 23.0 Å². The van der Waals surface area contributed by atoms with Gasteiger partial charge >= 0.3 is 6.01 Å². The van der Waals surface area contributed by atoms with Gasteiger partial charge in [-0.3, -0.25) is 9.88 Å². The first-order valence-electron chi connectivity index (χ1n) is 17.7. The molecule has 7 bridgehead atoms. The zero-order valence-electron chi connectivity index (χ0n) is 27.8. The molecule has 10 nitrogen and oxygen atoms in total. The topological polar surface area (TPSA) is 105 Å². The fourth-order valence-corrected chi connectivity index (χ4v) is 9.31. The summed E-state index contributed by atoms with van der Waals surface area (Å²) in [7, 11) is 0. The van der Waals surface area contributed by atoms with Crippen LogP contribution >= 0.6 is 0 Å². The SMILES string of the molecule is CCc1c(F)ccc2cc(O)cc(-c3ncc4c5nc(nc4c3F)OC[C@]34CCCN3C[C@@H](C4)OCCCOC[C@@]34CC[C@@H](CN5C3)N4)c12. The number of fused-ring (bicyclic) bond motifs is 9. The van der Waals surface area contributed by atoms with Crippen molar-refractivity contribution in [1.82, 2.24) is 25.2 Å². The standard InChI is InChI=1S/C37H42F2N6O4/c1-2-26-29(38)6-5-22-13-24(46)14-27(30(22)26)32-31(39)33-28(16-40-32)34-42-35(41-33)49-21-37-8-3-10-45(37)18-25(15-37)48-12-4-11-47-20-36-9-7-23(43-36)17-44(34)19-36/h5-6,13-14,16,23,25,43,46H,2-4,7-12,15,17-21H2,1H3/t23-,25+,36+,37+/m0/s1. The third-order valence-electron chi connectivity index (χ3n) is 11.5. The van der Waals surface area contributed by atoms with Crippen LogP contribution < -0.4 is 15.0 Å². The van der Waals surface area contributed by atoms with Gasteiger partial charge in [0.25, 0.3) is 0 Å². The van der Waals surface area contributed by atoms with Crippen LogP contribution in [-0.2, 0) is 15.9 Å². The van der Waals surface area contributed by atoms with Crippen LogP contribution in [0.5, 0.6) is 11.8 Å². The number of anilines is 1. The molecule has 4 atom stereocenters. The molecule has 0 radical (unpaired) electrons. The normalized spacial score (nSPS) is 28.9. The van der Waals surface area contributed by atoms with Gasteiger partial charge < -0.3 is 29.5 Å². The smallest absolute Gasteiger partial charge is 0.319 e. The number of aryl methyl sites for hydroxylation is 1. The number of phenolic OH excluding ortho intramolecular Hbond substituents is 1. The van der Waals surface area contributed by atoms with E-state index < -0.39 is 5.82 Å². The van der Waals surface area contributed by atoms with Crippen LogP contribution in [0.15, 0.2) is 30.5 Å². The fourth-order valence-electron chi connectivity index (χ4n) is 9.31. The van der Waals surface area contributed by atoms with Crippen molar-refractivity contribution in [2.24, 2.45) is 0 Å². The number of rotatable bonds is 2. The first-order chi connectivity index (χ1) is 23.8. The number of benzene rings is 2. The van der Waals surface area contributed by atoms with Gasteiger partial charge in [0.2, 0.25) is 0 Å². The molecule has 258 valence electrons. The summed E-state index contributed by atoms with van der Waals surface area (Å²) >= 11 is 0. The van der Waals surface area contributed by atoms with Gasteiger partial charge in [-0.05, 0) is 86.0 Å². The van der Waals surface area contributed by atoms with E-state index in [9.17, 15) is 5.11 Å². The number of pyridine rings is 1. The summed E-state index contributed by atoms with van der Waals surface area (Å²) in [6.45, 7) is 7.26. The second-order valence-corrected chi connectivity index (χ2v) is 14.7. The van der Waals surface area contributed by atoms with Gasteiger partial charge in [0.15, 0.2) is 5.82 Å². The molecular weight excluding hydrogens is 630 g/mol. The van der Waals surface area contributed by atoms with Crippen molar-refractivity contribution in [1.29, 1.82) is 0 Å². The van der Waals surface area contributed by atoms with Gasteiger partial charge in [-0.1, -0.05) is 13.0 Å². The first-order valence-corrected chi connectivity index (χ1v) is 17.7. The number of halogens is 2. The van der Waals surface area contributed by atoms with Crippen LogP contribution in [0, 0.1) is 11.6 Å². The van der Waals surface area contributed by atoms with Gasteiger partial charge in [-0.2, -0.15) is 9.97 Å². The third-order valence-corrected chi connectivity index (χ3v) is 11.5. The van der Waals surface area contributed by atoms with Gasteiger partial charge in [0, 0.05) is 50.7 Å². The zero-order chi connectivity index (χ0) is 33.3. The lowest BCUT2D eigenvalue weighted by Gasteiger charge is -2.42. The summed E-state index contributed by atoms with van der Waals surface area (Å²) in [6.07, 6.45) is 7.87. The largest absolute Gasteiger partial charge is 0.508 e. The molecule has 5 aliphatic rings. The van der Waals surface area contributed by atoms with Gasteiger partial charge in [0.05, 0.1) is 29.2 Å². The second-order valence-electron chi connectivity index (χ2n) is 14.7. The Morgan fingerprint density at radius 3 is 2.90 bits per heavy atom. The quantitative estimate of drug-likeness (QED) is 0.298. The van der Waals surface area contributed by atoms with E-state index >= 15 is 8.78 Å². The van der Waals surface area contributed by atoms with E-state index in [1.165, 1.54) is 12.1 Å². The van der Waals surface area contributed by atoms with Crippen LogP contribution in [0.2, 0.25) is 0 Å². The van der Waals surface area contributed by atoms with Gasteiger partial charge in [-0.25, -0.2) is 8.78 Å². The predicted octanol–water partition coefficient (Wildman–Crippen LogP) is 5.12. The maximum Gasteiger partial charge on any atom is 0.319 e. The Balaban J connectivity index is 1.20. The molecule has 4 aromatic rings.